The number of carbonyl (C=O) groups is 1. The maximum Gasteiger partial charge on any atom is 0.224 e. The van der Waals surface area contributed by atoms with E-state index in [2.05, 4.69) is 27.9 Å². The number of aliphatic imine (C=N–C) groups is 1. The van der Waals surface area contributed by atoms with E-state index in [4.69, 9.17) is 4.74 Å². The highest BCUT2D eigenvalue weighted by atomic mass is 16.5. The van der Waals surface area contributed by atoms with Crippen LogP contribution in [0, 0.1) is 5.41 Å². The van der Waals surface area contributed by atoms with Crippen LogP contribution in [0.3, 0.4) is 0 Å². The molecule has 1 fully saturated rings. The summed E-state index contributed by atoms with van der Waals surface area (Å²) in [6, 6.07) is 7.95. The van der Waals surface area contributed by atoms with Crippen molar-refractivity contribution < 1.29 is 9.53 Å². The van der Waals surface area contributed by atoms with E-state index in [9.17, 15) is 4.79 Å². The van der Waals surface area contributed by atoms with Crippen LogP contribution in [0.1, 0.15) is 64.4 Å². The monoisotopic (exact) mass is 402 g/mol. The van der Waals surface area contributed by atoms with E-state index in [-0.39, 0.29) is 5.91 Å². The van der Waals surface area contributed by atoms with Gasteiger partial charge in [0, 0.05) is 45.5 Å². The maximum absolute atomic E-state index is 11.7. The highest BCUT2D eigenvalue weighted by molar-refractivity contribution is 5.90. The number of ether oxygens (including phenoxy) is 1. The second-order valence-electron chi connectivity index (χ2n) is 7.93. The van der Waals surface area contributed by atoms with Crippen molar-refractivity contribution in [3.05, 3.63) is 29.8 Å². The molecule has 0 bridgehead atoms. The number of carbonyl (C=O) groups excluding carboxylic acids is 1. The summed E-state index contributed by atoms with van der Waals surface area (Å²) in [6.45, 7) is 7.30. The molecule has 1 aliphatic carbocycles. The van der Waals surface area contributed by atoms with E-state index < -0.39 is 0 Å². The van der Waals surface area contributed by atoms with Crippen LogP contribution in [0.25, 0.3) is 0 Å². The van der Waals surface area contributed by atoms with Crippen LogP contribution in [0.2, 0.25) is 0 Å². The molecule has 1 saturated carbocycles. The lowest BCUT2D eigenvalue weighted by Gasteiger charge is -2.30. The molecule has 1 aromatic rings. The van der Waals surface area contributed by atoms with Crippen molar-refractivity contribution in [2.24, 2.45) is 10.4 Å². The Hall–Kier alpha value is -2.08. The van der Waals surface area contributed by atoms with Gasteiger partial charge < -0.3 is 20.7 Å². The first-order chi connectivity index (χ1) is 14.1. The van der Waals surface area contributed by atoms with Crippen LogP contribution in [0.15, 0.2) is 29.3 Å². The van der Waals surface area contributed by atoms with Crippen molar-refractivity contribution in [2.75, 3.05) is 32.1 Å². The molecule has 0 aliphatic heterocycles. The third-order valence-electron chi connectivity index (χ3n) is 5.67. The molecular weight excluding hydrogens is 364 g/mol. The zero-order chi connectivity index (χ0) is 21.0. The van der Waals surface area contributed by atoms with Crippen molar-refractivity contribution in [3.63, 3.8) is 0 Å². The smallest absolute Gasteiger partial charge is 0.224 e. The van der Waals surface area contributed by atoms with Crippen LogP contribution >= 0.6 is 0 Å². The second kappa shape index (κ2) is 12.5. The predicted octanol–water partition coefficient (Wildman–Crippen LogP) is 4.08. The van der Waals surface area contributed by atoms with E-state index in [0.717, 1.165) is 49.8 Å². The SMILES string of the molecule is CCCC(=O)Nc1ccc(CNC(=NC)NCC2(CCOCC)CCCC2)cc1. The van der Waals surface area contributed by atoms with E-state index in [1.807, 2.05) is 38.2 Å². The van der Waals surface area contributed by atoms with Crippen molar-refractivity contribution in [2.45, 2.75) is 65.3 Å². The molecule has 0 spiro atoms. The summed E-state index contributed by atoms with van der Waals surface area (Å²) >= 11 is 0. The van der Waals surface area contributed by atoms with Gasteiger partial charge in [0.05, 0.1) is 0 Å². The molecule has 0 unspecified atom stereocenters. The molecule has 0 radical (unpaired) electrons. The van der Waals surface area contributed by atoms with Crippen LogP contribution in [-0.4, -0.2) is 38.7 Å². The first kappa shape index (κ1) is 23.2. The Morgan fingerprint density at radius 2 is 1.86 bits per heavy atom. The van der Waals surface area contributed by atoms with Gasteiger partial charge in [0.15, 0.2) is 5.96 Å². The van der Waals surface area contributed by atoms with Gasteiger partial charge >= 0.3 is 0 Å². The number of benzene rings is 1. The van der Waals surface area contributed by atoms with Crippen molar-refractivity contribution in [3.8, 4) is 0 Å². The molecule has 0 aromatic heterocycles. The lowest BCUT2D eigenvalue weighted by molar-refractivity contribution is -0.116. The number of rotatable bonds is 11. The Bertz CT molecular complexity index is 637. The average Bonchev–Trinajstić information content (AvgIpc) is 3.19. The highest BCUT2D eigenvalue weighted by Crippen LogP contribution is 2.40. The van der Waals surface area contributed by atoms with Crippen molar-refractivity contribution in [1.82, 2.24) is 10.6 Å². The van der Waals surface area contributed by atoms with E-state index in [1.165, 1.54) is 25.7 Å². The summed E-state index contributed by atoms with van der Waals surface area (Å²) in [5, 5.41) is 9.84. The Balaban J connectivity index is 1.80. The third-order valence-corrected chi connectivity index (χ3v) is 5.67. The molecule has 0 heterocycles. The summed E-state index contributed by atoms with van der Waals surface area (Å²) in [7, 11) is 1.81. The zero-order valence-corrected chi connectivity index (χ0v) is 18.4. The Kier molecular flexibility index (Phi) is 9.98. The van der Waals surface area contributed by atoms with Gasteiger partial charge in [-0.1, -0.05) is 31.9 Å². The van der Waals surface area contributed by atoms with Gasteiger partial charge in [0.1, 0.15) is 0 Å². The fourth-order valence-electron chi connectivity index (χ4n) is 3.91. The number of amides is 1. The molecule has 6 heteroatoms. The fourth-order valence-corrected chi connectivity index (χ4v) is 3.91. The van der Waals surface area contributed by atoms with Crippen LogP contribution in [0.5, 0.6) is 0 Å². The van der Waals surface area contributed by atoms with Gasteiger partial charge in [-0.05, 0) is 55.7 Å². The topological polar surface area (TPSA) is 74.8 Å². The zero-order valence-electron chi connectivity index (χ0n) is 18.4. The predicted molar refractivity (Wildman–Crippen MR) is 120 cm³/mol. The van der Waals surface area contributed by atoms with Gasteiger partial charge in [-0.15, -0.1) is 0 Å². The van der Waals surface area contributed by atoms with Gasteiger partial charge in [-0.2, -0.15) is 0 Å². The van der Waals surface area contributed by atoms with Crippen LogP contribution in [-0.2, 0) is 16.1 Å². The molecule has 0 saturated heterocycles. The molecule has 29 heavy (non-hydrogen) atoms. The minimum absolute atomic E-state index is 0.0631. The maximum atomic E-state index is 11.7. The highest BCUT2D eigenvalue weighted by Gasteiger charge is 2.33. The van der Waals surface area contributed by atoms with Gasteiger partial charge in [0.2, 0.25) is 5.91 Å². The number of nitrogens with zero attached hydrogens (tertiary/aromatic N) is 1. The lowest BCUT2D eigenvalue weighted by atomic mass is 9.83. The summed E-state index contributed by atoms with van der Waals surface area (Å²) < 4.78 is 5.61. The minimum Gasteiger partial charge on any atom is -0.382 e. The van der Waals surface area contributed by atoms with Gasteiger partial charge in [-0.25, -0.2) is 0 Å². The quantitative estimate of drug-likeness (QED) is 0.296. The largest absolute Gasteiger partial charge is 0.382 e. The Morgan fingerprint density at radius 1 is 1.14 bits per heavy atom. The molecule has 0 atom stereocenters. The summed E-state index contributed by atoms with van der Waals surface area (Å²) in [5.41, 5.74) is 2.31. The van der Waals surface area contributed by atoms with Gasteiger partial charge in [-0.3, -0.25) is 9.79 Å². The minimum atomic E-state index is 0.0631. The molecule has 1 aliphatic rings. The number of hydrogen-bond acceptors (Lipinski definition) is 3. The molecule has 6 nitrogen and oxygen atoms in total. The first-order valence-corrected chi connectivity index (χ1v) is 11.0. The van der Waals surface area contributed by atoms with E-state index in [1.54, 1.807) is 0 Å². The third kappa shape index (κ3) is 8.05. The van der Waals surface area contributed by atoms with Crippen molar-refractivity contribution in [1.29, 1.82) is 0 Å². The molecule has 1 amide bonds. The first-order valence-electron chi connectivity index (χ1n) is 11.0. The molecule has 2 rings (SSSR count). The molecule has 1 aromatic carbocycles. The fraction of sp³-hybridized carbons (Fsp3) is 0.652. The van der Waals surface area contributed by atoms with Crippen molar-refractivity contribution >= 4 is 17.6 Å². The van der Waals surface area contributed by atoms with Crippen LogP contribution in [0.4, 0.5) is 5.69 Å². The average molecular weight is 403 g/mol. The molecule has 3 N–H and O–H groups in total. The second-order valence-corrected chi connectivity index (χ2v) is 7.93. The standard InChI is InChI=1S/C23H38N4O2/c1-4-8-21(28)27-20-11-9-19(10-12-20)17-25-22(24-3)26-18-23(13-6-7-14-23)15-16-29-5-2/h9-12H,4-8,13-18H2,1-3H3,(H,27,28)(H2,24,25,26). The van der Waals surface area contributed by atoms with Crippen LogP contribution < -0.4 is 16.0 Å². The Morgan fingerprint density at radius 3 is 2.48 bits per heavy atom. The van der Waals surface area contributed by atoms with E-state index >= 15 is 0 Å². The number of anilines is 1. The summed E-state index contributed by atoms with van der Waals surface area (Å²) in [4.78, 5) is 16.1. The Labute approximate surface area is 175 Å². The summed E-state index contributed by atoms with van der Waals surface area (Å²) in [5.74, 6) is 0.890. The lowest BCUT2D eigenvalue weighted by Crippen LogP contribution is -2.43. The van der Waals surface area contributed by atoms with E-state index in [0.29, 0.717) is 18.4 Å². The molecule has 162 valence electrons. The normalized spacial score (nSPS) is 15.9. The molecular formula is C23H38N4O2. The van der Waals surface area contributed by atoms with Gasteiger partial charge in [0.25, 0.3) is 0 Å². The number of hydrogen-bond donors (Lipinski definition) is 3. The number of nitrogens with one attached hydrogen (secondary N) is 3. The number of guanidine groups is 1. The summed E-state index contributed by atoms with van der Waals surface area (Å²) in [6.07, 6.45) is 7.65.